The monoisotopic (exact) mass is 350 g/mol. The second-order valence-corrected chi connectivity index (χ2v) is 7.53. The topological polar surface area (TPSA) is 29.3 Å². The van der Waals surface area contributed by atoms with Gasteiger partial charge in [0.05, 0.1) is 6.04 Å². The van der Waals surface area contributed by atoms with Gasteiger partial charge in [-0.15, -0.1) is 0 Å². The van der Waals surface area contributed by atoms with E-state index in [0.717, 1.165) is 18.4 Å². The molecular weight excluding hydrogens is 324 g/mol. The van der Waals surface area contributed by atoms with Crippen LogP contribution >= 0.6 is 15.9 Å². The number of halogens is 1. The van der Waals surface area contributed by atoms with Gasteiger partial charge in [0.15, 0.2) is 0 Å². The Bertz CT molecular complexity index is 476. The maximum absolute atomic E-state index is 6.56. The molecule has 4 atom stereocenters. The molecule has 21 heavy (non-hydrogen) atoms. The van der Waals surface area contributed by atoms with Gasteiger partial charge in [0.25, 0.3) is 0 Å². The zero-order valence-corrected chi connectivity index (χ0v) is 14.6. The first kappa shape index (κ1) is 15.5. The lowest BCUT2D eigenvalue weighted by molar-refractivity contribution is 0.114. The third-order valence-electron chi connectivity index (χ3n) is 5.51. The second kappa shape index (κ2) is 6.80. The summed E-state index contributed by atoms with van der Waals surface area (Å²) in [6, 6.07) is 9.97. The quantitative estimate of drug-likeness (QED) is 0.866. The molecule has 0 aromatic heterocycles. The van der Waals surface area contributed by atoms with Crippen molar-refractivity contribution in [2.45, 2.75) is 63.6 Å². The summed E-state index contributed by atoms with van der Waals surface area (Å²) >= 11 is 3.75. The zero-order chi connectivity index (χ0) is 14.8. The van der Waals surface area contributed by atoms with Crippen LogP contribution in [0.2, 0.25) is 0 Å². The number of nitrogens with zero attached hydrogens (tertiary/aromatic N) is 1. The van der Waals surface area contributed by atoms with E-state index in [0.29, 0.717) is 6.04 Å². The number of benzene rings is 1. The average molecular weight is 351 g/mol. The fourth-order valence-corrected chi connectivity index (χ4v) is 4.90. The largest absolute Gasteiger partial charge is 0.326 e. The molecule has 4 unspecified atom stereocenters. The smallest absolute Gasteiger partial charge is 0.0513 e. The number of rotatable bonds is 4. The van der Waals surface area contributed by atoms with Crippen molar-refractivity contribution < 1.29 is 0 Å². The van der Waals surface area contributed by atoms with Crippen LogP contribution in [0, 0.1) is 5.92 Å². The fraction of sp³-hybridized carbons (Fsp3) is 0.667. The Hall–Kier alpha value is -0.380. The van der Waals surface area contributed by atoms with Gasteiger partial charge in [-0.3, -0.25) is 4.90 Å². The molecular formula is C18H27BrN2. The molecule has 2 aliphatic rings. The van der Waals surface area contributed by atoms with Crippen molar-refractivity contribution in [3.63, 3.8) is 0 Å². The van der Waals surface area contributed by atoms with E-state index in [9.17, 15) is 0 Å². The van der Waals surface area contributed by atoms with E-state index in [1.165, 1.54) is 48.7 Å². The van der Waals surface area contributed by atoms with Crippen LogP contribution in [0.1, 0.15) is 57.1 Å². The Morgan fingerprint density at radius 1 is 1.24 bits per heavy atom. The minimum atomic E-state index is 0.212. The summed E-state index contributed by atoms with van der Waals surface area (Å²) in [5, 5.41) is 0. The molecule has 2 N–H and O–H groups in total. The Morgan fingerprint density at radius 3 is 2.76 bits per heavy atom. The molecule has 1 heterocycles. The van der Waals surface area contributed by atoms with Crippen molar-refractivity contribution in [2.75, 3.05) is 6.54 Å². The Kier molecular flexibility index (Phi) is 5.03. The normalized spacial score (nSPS) is 29.1. The molecule has 1 aromatic rings. The number of nitrogens with two attached hydrogens (primary N) is 1. The summed E-state index contributed by atoms with van der Waals surface area (Å²) < 4.78 is 1.21. The SMILES string of the molecule is CCC(N)C(c1ccccc1Br)N1CCC2CCCCC21. The third kappa shape index (κ3) is 3.06. The molecule has 3 heteroatoms. The van der Waals surface area contributed by atoms with Gasteiger partial charge in [-0.2, -0.15) is 0 Å². The molecule has 3 rings (SSSR count). The molecule has 0 bridgehead atoms. The van der Waals surface area contributed by atoms with Crippen LogP contribution in [0.15, 0.2) is 28.7 Å². The van der Waals surface area contributed by atoms with Crippen molar-refractivity contribution in [2.24, 2.45) is 11.7 Å². The Morgan fingerprint density at radius 2 is 2.00 bits per heavy atom. The molecule has 116 valence electrons. The van der Waals surface area contributed by atoms with Gasteiger partial charge >= 0.3 is 0 Å². The summed E-state index contributed by atoms with van der Waals surface area (Å²) in [5.74, 6) is 0.910. The van der Waals surface area contributed by atoms with Crippen LogP contribution in [0.3, 0.4) is 0 Å². The highest BCUT2D eigenvalue weighted by molar-refractivity contribution is 9.10. The average Bonchev–Trinajstić information content (AvgIpc) is 2.93. The number of hydrogen-bond acceptors (Lipinski definition) is 2. The van der Waals surface area contributed by atoms with Crippen LogP contribution in [-0.2, 0) is 0 Å². The first-order valence-corrected chi connectivity index (χ1v) is 9.27. The maximum Gasteiger partial charge on any atom is 0.0513 e. The predicted octanol–water partition coefficient (Wildman–Crippen LogP) is 4.49. The van der Waals surface area contributed by atoms with Gasteiger partial charge in [-0.25, -0.2) is 0 Å². The van der Waals surface area contributed by atoms with Gasteiger partial charge in [0.2, 0.25) is 0 Å². The van der Waals surface area contributed by atoms with Crippen LogP contribution in [0.4, 0.5) is 0 Å². The van der Waals surface area contributed by atoms with Crippen molar-refractivity contribution >= 4 is 15.9 Å². The molecule has 0 amide bonds. The first-order valence-electron chi connectivity index (χ1n) is 8.48. The summed E-state index contributed by atoms with van der Waals surface area (Å²) in [6.45, 7) is 3.43. The van der Waals surface area contributed by atoms with Gasteiger partial charge < -0.3 is 5.73 Å². The molecule has 2 nitrogen and oxygen atoms in total. The number of hydrogen-bond donors (Lipinski definition) is 1. The molecule has 2 fully saturated rings. The van der Waals surface area contributed by atoms with E-state index >= 15 is 0 Å². The van der Waals surface area contributed by atoms with Gasteiger partial charge in [-0.1, -0.05) is 53.9 Å². The molecule has 1 saturated carbocycles. The summed E-state index contributed by atoms with van der Waals surface area (Å²) in [4.78, 5) is 2.73. The minimum absolute atomic E-state index is 0.212. The van der Waals surface area contributed by atoms with E-state index in [1.54, 1.807) is 0 Å². The lowest BCUT2D eigenvalue weighted by Crippen LogP contribution is -2.45. The lowest BCUT2D eigenvalue weighted by atomic mass is 9.84. The van der Waals surface area contributed by atoms with Crippen molar-refractivity contribution in [1.29, 1.82) is 0 Å². The minimum Gasteiger partial charge on any atom is -0.326 e. The highest BCUT2D eigenvalue weighted by Crippen LogP contribution is 2.42. The van der Waals surface area contributed by atoms with Crippen molar-refractivity contribution in [3.05, 3.63) is 34.3 Å². The van der Waals surface area contributed by atoms with E-state index < -0.39 is 0 Å². The van der Waals surface area contributed by atoms with Gasteiger partial charge in [0, 0.05) is 16.6 Å². The van der Waals surface area contributed by atoms with Crippen molar-refractivity contribution in [1.82, 2.24) is 4.90 Å². The number of likely N-dealkylation sites (tertiary alicyclic amines) is 1. The summed E-state index contributed by atoms with van der Waals surface area (Å²) in [6.07, 6.45) is 7.99. The van der Waals surface area contributed by atoms with Crippen LogP contribution in [-0.4, -0.2) is 23.5 Å². The standard InChI is InChI=1S/C18H27BrN2/c1-2-16(20)18(14-8-4-5-9-15(14)19)21-12-11-13-7-3-6-10-17(13)21/h4-5,8-9,13,16-18H,2-3,6-7,10-12,20H2,1H3. The second-order valence-electron chi connectivity index (χ2n) is 6.68. The summed E-state index contributed by atoms with van der Waals surface area (Å²) in [5.41, 5.74) is 7.93. The maximum atomic E-state index is 6.56. The van der Waals surface area contributed by atoms with Crippen molar-refractivity contribution in [3.8, 4) is 0 Å². The highest BCUT2D eigenvalue weighted by Gasteiger charge is 2.41. The zero-order valence-electron chi connectivity index (χ0n) is 13.0. The molecule has 0 radical (unpaired) electrons. The van der Waals surface area contributed by atoms with E-state index in [4.69, 9.17) is 5.73 Å². The molecule has 1 saturated heterocycles. The van der Waals surface area contributed by atoms with Gasteiger partial charge in [-0.05, 0) is 49.8 Å². The summed E-state index contributed by atoms with van der Waals surface area (Å²) in [7, 11) is 0. The number of fused-ring (bicyclic) bond motifs is 1. The van der Waals surface area contributed by atoms with Crippen LogP contribution in [0.5, 0.6) is 0 Å². The van der Waals surface area contributed by atoms with Crippen LogP contribution < -0.4 is 5.73 Å². The Labute approximate surface area is 137 Å². The van der Waals surface area contributed by atoms with Crippen LogP contribution in [0.25, 0.3) is 0 Å². The Balaban J connectivity index is 1.91. The molecule has 1 aromatic carbocycles. The fourth-order valence-electron chi connectivity index (χ4n) is 4.38. The van der Waals surface area contributed by atoms with E-state index in [1.807, 2.05) is 0 Å². The molecule has 1 aliphatic heterocycles. The lowest BCUT2D eigenvalue weighted by Gasteiger charge is -2.40. The third-order valence-corrected chi connectivity index (χ3v) is 6.23. The molecule has 0 spiro atoms. The highest BCUT2D eigenvalue weighted by atomic mass is 79.9. The molecule has 1 aliphatic carbocycles. The predicted molar refractivity (Wildman–Crippen MR) is 92.2 cm³/mol. The first-order chi connectivity index (χ1) is 10.2. The van der Waals surface area contributed by atoms with E-state index in [-0.39, 0.29) is 6.04 Å². The van der Waals surface area contributed by atoms with Gasteiger partial charge in [0.1, 0.15) is 0 Å². The van der Waals surface area contributed by atoms with E-state index in [2.05, 4.69) is 52.0 Å².